The highest BCUT2D eigenvalue weighted by Crippen LogP contribution is 2.23. The fraction of sp³-hybridized carbons (Fsp3) is 0.786. The predicted octanol–water partition coefficient (Wildman–Crippen LogP) is 3.66. The van der Waals surface area contributed by atoms with Crippen LogP contribution in [0, 0.1) is 23.0 Å². The van der Waals surface area contributed by atoms with E-state index in [-0.39, 0.29) is 5.82 Å². The van der Waals surface area contributed by atoms with Crippen molar-refractivity contribution in [1.29, 1.82) is 0 Å². The number of anilines is 1. The second kappa shape index (κ2) is 7.87. The lowest BCUT2D eigenvalue weighted by atomic mass is 10.0. The van der Waals surface area contributed by atoms with Crippen LogP contribution in [0.25, 0.3) is 0 Å². The number of nitro groups is 1. The van der Waals surface area contributed by atoms with E-state index in [1.54, 1.807) is 18.5 Å². The molecule has 1 heterocycles. The van der Waals surface area contributed by atoms with E-state index in [0.29, 0.717) is 11.6 Å². The van der Waals surface area contributed by atoms with Gasteiger partial charge in [0.1, 0.15) is 0 Å². The van der Waals surface area contributed by atoms with Crippen molar-refractivity contribution in [3.8, 4) is 0 Å². The van der Waals surface area contributed by atoms with Crippen LogP contribution >= 0.6 is 0 Å². The Kier molecular flexibility index (Phi) is 6.48. The fourth-order valence-corrected chi connectivity index (χ4v) is 2.16. The normalized spacial score (nSPS) is 11.1. The van der Waals surface area contributed by atoms with Crippen molar-refractivity contribution in [3.63, 3.8) is 0 Å². The van der Waals surface area contributed by atoms with Crippen LogP contribution < -0.4 is 5.32 Å². The molecule has 0 bridgehead atoms. The first-order valence-corrected chi connectivity index (χ1v) is 7.35. The summed E-state index contributed by atoms with van der Waals surface area (Å²) in [5, 5.41) is 14.1. The molecule has 6 heteroatoms. The van der Waals surface area contributed by atoms with Gasteiger partial charge in [-0.3, -0.25) is 4.57 Å². The summed E-state index contributed by atoms with van der Waals surface area (Å²) in [6, 6.07) is 0. The Labute approximate surface area is 120 Å². The first-order chi connectivity index (χ1) is 9.43. The molecule has 0 aliphatic heterocycles. The summed E-state index contributed by atoms with van der Waals surface area (Å²) >= 11 is 0. The predicted molar refractivity (Wildman–Crippen MR) is 81.0 cm³/mol. The summed E-state index contributed by atoms with van der Waals surface area (Å²) < 4.78 is 1.73. The minimum absolute atomic E-state index is 0.0789. The van der Waals surface area contributed by atoms with Gasteiger partial charge in [-0.05, 0) is 22.2 Å². The number of imidazole rings is 1. The molecule has 6 nitrogen and oxygen atoms in total. The van der Waals surface area contributed by atoms with Crippen LogP contribution in [0.5, 0.6) is 0 Å². The van der Waals surface area contributed by atoms with E-state index in [2.05, 4.69) is 24.1 Å². The third-order valence-electron chi connectivity index (χ3n) is 3.47. The van der Waals surface area contributed by atoms with Crippen LogP contribution in [0.1, 0.15) is 51.8 Å². The maximum absolute atomic E-state index is 10.9. The third-order valence-corrected chi connectivity index (χ3v) is 3.47. The van der Waals surface area contributed by atoms with Gasteiger partial charge in [-0.15, -0.1) is 0 Å². The summed E-state index contributed by atoms with van der Waals surface area (Å²) in [5.74, 6) is 1.85. The molecule has 20 heavy (non-hydrogen) atoms. The molecule has 0 unspecified atom stereocenters. The molecule has 0 atom stereocenters. The highest BCUT2D eigenvalue weighted by Gasteiger charge is 2.22. The van der Waals surface area contributed by atoms with E-state index < -0.39 is 4.92 Å². The van der Waals surface area contributed by atoms with Crippen molar-refractivity contribution in [1.82, 2.24) is 9.55 Å². The van der Waals surface area contributed by atoms with Gasteiger partial charge in [-0.2, -0.15) is 0 Å². The van der Waals surface area contributed by atoms with E-state index in [0.717, 1.165) is 25.3 Å². The number of unbranched alkanes of at least 4 members (excludes halogenated alkanes) is 3. The zero-order valence-electron chi connectivity index (χ0n) is 13.0. The summed E-state index contributed by atoms with van der Waals surface area (Å²) in [7, 11) is 1.79. The zero-order valence-corrected chi connectivity index (χ0v) is 13.0. The first-order valence-electron chi connectivity index (χ1n) is 7.35. The van der Waals surface area contributed by atoms with Gasteiger partial charge >= 0.3 is 5.82 Å². The molecular weight excluding hydrogens is 256 g/mol. The Hall–Kier alpha value is -1.59. The molecule has 1 aromatic heterocycles. The van der Waals surface area contributed by atoms with Gasteiger partial charge in [0.15, 0.2) is 0 Å². The number of aromatic nitrogens is 2. The molecule has 0 amide bonds. The number of aryl methyl sites for hydroxylation is 1. The smallest absolute Gasteiger partial charge is 0.364 e. The van der Waals surface area contributed by atoms with Crippen LogP contribution in [0.15, 0.2) is 0 Å². The Balaban J connectivity index is 2.33. The van der Waals surface area contributed by atoms with Gasteiger partial charge in [-0.25, -0.2) is 0 Å². The maximum atomic E-state index is 10.9. The second-order valence-electron chi connectivity index (χ2n) is 5.67. The van der Waals surface area contributed by atoms with E-state index in [9.17, 15) is 10.1 Å². The van der Waals surface area contributed by atoms with E-state index >= 15 is 0 Å². The van der Waals surface area contributed by atoms with Crippen LogP contribution in [-0.4, -0.2) is 21.0 Å². The molecular formula is C14H26N4O2. The van der Waals surface area contributed by atoms with Gasteiger partial charge in [0.2, 0.25) is 11.6 Å². The van der Waals surface area contributed by atoms with Crippen molar-refractivity contribution in [2.75, 3.05) is 11.9 Å². The second-order valence-corrected chi connectivity index (χ2v) is 5.67. The van der Waals surface area contributed by atoms with Gasteiger partial charge < -0.3 is 15.4 Å². The fourth-order valence-electron chi connectivity index (χ4n) is 2.16. The van der Waals surface area contributed by atoms with E-state index in [1.807, 2.05) is 0 Å². The van der Waals surface area contributed by atoms with Crippen molar-refractivity contribution in [2.45, 2.75) is 52.9 Å². The molecule has 0 spiro atoms. The standard InChI is InChI=1S/C14H26N4O2/c1-11(2)9-7-5-6-8-10-15-13-14(18(19)20)16-12(3)17(13)4/h11,15H,5-10H2,1-4H3. The summed E-state index contributed by atoms with van der Waals surface area (Å²) in [6.07, 6.45) is 5.96. The van der Waals surface area contributed by atoms with Gasteiger partial charge in [0, 0.05) is 20.5 Å². The number of rotatable bonds is 9. The topological polar surface area (TPSA) is 73.0 Å². The van der Waals surface area contributed by atoms with Gasteiger partial charge in [-0.1, -0.05) is 39.5 Å². The lowest BCUT2D eigenvalue weighted by Crippen LogP contribution is -2.08. The van der Waals surface area contributed by atoms with Crippen LogP contribution in [0.4, 0.5) is 11.6 Å². The summed E-state index contributed by atoms with van der Waals surface area (Å²) in [6.45, 7) is 7.00. The molecule has 0 aromatic carbocycles. The quantitative estimate of drug-likeness (QED) is 0.426. The average Bonchev–Trinajstić information content (AvgIpc) is 2.65. The molecule has 0 radical (unpaired) electrons. The highest BCUT2D eigenvalue weighted by molar-refractivity contribution is 5.53. The first kappa shape index (κ1) is 16.5. The highest BCUT2D eigenvalue weighted by atomic mass is 16.6. The lowest BCUT2D eigenvalue weighted by molar-refractivity contribution is -0.388. The van der Waals surface area contributed by atoms with Crippen molar-refractivity contribution < 1.29 is 4.92 Å². The molecule has 0 aliphatic carbocycles. The molecule has 1 N–H and O–H groups in total. The Morgan fingerprint density at radius 3 is 2.55 bits per heavy atom. The van der Waals surface area contributed by atoms with Crippen LogP contribution in [0.3, 0.4) is 0 Å². The number of nitrogens with one attached hydrogen (secondary N) is 1. The van der Waals surface area contributed by atoms with Crippen LogP contribution in [0.2, 0.25) is 0 Å². The molecule has 1 rings (SSSR count). The minimum atomic E-state index is -0.433. The molecule has 0 saturated heterocycles. The van der Waals surface area contributed by atoms with E-state index in [4.69, 9.17) is 0 Å². The van der Waals surface area contributed by atoms with Crippen molar-refractivity contribution in [2.24, 2.45) is 13.0 Å². The van der Waals surface area contributed by atoms with Crippen molar-refractivity contribution in [3.05, 3.63) is 15.9 Å². The summed E-state index contributed by atoms with van der Waals surface area (Å²) in [4.78, 5) is 14.4. The Morgan fingerprint density at radius 1 is 1.30 bits per heavy atom. The van der Waals surface area contributed by atoms with Gasteiger partial charge in [0.05, 0.1) is 0 Å². The Bertz CT molecular complexity index is 441. The molecule has 0 saturated carbocycles. The zero-order chi connectivity index (χ0) is 15.1. The molecule has 0 fully saturated rings. The maximum Gasteiger partial charge on any atom is 0.406 e. The SMILES string of the molecule is Cc1nc([N+](=O)[O-])c(NCCCCCCC(C)C)n1C. The minimum Gasteiger partial charge on any atom is -0.364 e. The van der Waals surface area contributed by atoms with Gasteiger partial charge in [0.25, 0.3) is 0 Å². The van der Waals surface area contributed by atoms with Crippen molar-refractivity contribution >= 4 is 11.6 Å². The van der Waals surface area contributed by atoms with Crippen LogP contribution in [-0.2, 0) is 7.05 Å². The number of hydrogen-bond acceptors (Lipinski definition) is 4. The number of hydrogen-bond donors (Lipinski definition) is 1. The average molecular weight is 282 g/mol. The summed E-state index contributed by atoms with van der Waals surface area (Å²) in [5.41, 5.74) is 0. The Morgan fingerprint density at radius 2 is 1.95 bits per heavy atom. The largest absolute Gasteiger partial charge is 0.406 e. The lowest BCUT2D eigenvalue weighted by Gasteiger charge is -2.07. The van der Waals surface area contributed by atoms with E-state index in [1.165, 1.54) is 19.3 Å². The third kappa shape index (κ3) is 4.83. The molecule has 1 aromatic rings. The number of nitrogens with zero attached hydrogens (tertiary/aromatic N) is 3. The molecule has 114 valence electrons. The molecule has 0 aliphatic rings. The monoisotopic (exact) mass is 282 g/mol.